The number of aryl methyl sites for hydroxylation is 1. The monoisotopic (exact) mass is 352 g/mol. The molecule has 1 heterocycles. The van der Waals surface area contributed by atoms with E-state index in [4.69, 9.17) is 0 Å². The number of carbonyl (C=O) groups is 2. The van der Waals surface area contributed by atoms with Gasteiger partial charge in [-0.25, -0.2) is 0 Å². The highest BCUT2D eigenvalue weighted by Gasteiger charge is 2.29. The van der Waals surface area contributed by atoms with E-state index in [2.05, 4.69) is 28.2 Å². The van der Waals surface area contributed by atoms with Gasteiger partial charge in [-0.15, -0.1) is 0 Å². The minimum absolute atomic E-state index is 0.198. The number of hydrogen-bond acceptors (Lipinski definition) is 2. The van der Waals surface area contributed by atoms with Crippen LogP contribution in [0.3, 0.4) is 0 Å². The second-order valence-corrected chi connectivity index (χ2v) is 6.33. The lowest BCUT2D eigenvalue weighted by atomic mass is 10.00. The zero-order chi connectivity index (χ0) is 15.4. The van der Waals surface area contributed by atoms with E-state index in [9.17, 15) is 9.59 Å². The number of likely N-dealkylation sites (tertiary alicyclic amines) is 1. The van der Waals surface area contributed by atoms with Crippen molar-refractivity contribution < 1.29 is 9.59 Å². The average Bonchev–Trinajstić information content (AvgIpc) is 2.50. The Bertz CT molecular complexity index is 545. The zero-order valence-corrected chi connectivity index (χ0v) is 14.1. The van der Waals surface area contributed by atoms with Crippen LogP contribution in [0.2, 0.25) is 0 Å². The fraction of sp³-hybridized carbons (Fsp3) is 0.500. The Morgan fingerprint density at radius 3 is 2.81 bits per heavy atom. The van der Waals surface area contributed by atoms with E-state index < -0.39 is 11.8 Å². The summed E-state index contributed by atoms with van der Waals surface area (Å²) in [5, 5.41) is 2.70. The summed E-state index contributed by atoms with van der Waals surface area (Å²) >= 11 is 3.42. The van der Waals surface area contributed by atoms with Crippen molar-refractivity contribution in [2.75, 3.05) is 11.9 Å². The molecule has 1 saturated heterocycles. The number of anilines is 1. The molecule has 2 amide bonds. The molecule has 1 atom stereocenters. The van der Waals surface area contributed by atoms with E-state index in [0.717, 1.165) is 35.7 Å². The summed E-state index contributed by atoms with van der Waals surface area (Å²) in [6.45, 7) is 4.69. The molecular weight excluding hydrogens is 332 g/mol. The smallest absolute Gasteiger partial charge is 0.313 e. The first-order valence-corrected chi connectivity index (χ1v) is 8.20. The van der Waals surface area contributed by atoms with E-state index in [1.807, 2.05) is 19.1 Å². The Balaban J connectivity index is 2.04. The minimum atomic E-state index is -0.544. The van der Waals surface area contributed by atoms with Gasteiger partial charge in [0.15, 0.2) is 0 Å². The standard InChI is InChI=1S/C16H21BrN2O2/c1-3-13-6-4-5-9-19(13)16(21)15(20)18-12-7-8-14(17)11(2)10-12/h7-8,10,13H,3-6,9H2,1-2H3,(H,18,20). The van der Waals surface area contributed by atoms with Gasteiger partial charge in [0.2, 0.25) is 0 Å². The van der Waals surface area contributed by atoms with Crippen LogP contribution >= 0.6 is 15.9 Å². The van der Waals surface area contributed by atoms with Gasteiger partial charge in [-0.2, -0.15) is 0 Å². The first kappa shape index (κ1) is 16.0. The van der Waals surface area contributed by atoms with Gasteiger partial charge in [0.1, 0.15) is 0 Å². The third-order valence-corrected chi connectivity index (χ3v) is 4.86. The number of nitrogens with zero attached hydrogens (tertiary/aromatic N) is 1. The van der Waals surface area contributed by atoms with Crippen LogP contribution in [0.5, 0.6) is 0 Å². The van der Waals surface area contributed by atoms with Gasteiger partial charge in [-0.3, -0.25) is 9.59 Å². The fourth-order valence-electron chi connectivity index (χ4n) is 2.73. The highest BCUT2D eigenvalue weighted by Crippen LogP contribution is 2.22. The molecule has 1 fully saturated rings. The SMILES string of the molecule is CCC1CCCCN1C(=O)C(=O)Nc1ccc(Br)c(C)c1. The van der Waals surface area contributed by atoms with Crippen molar-refractivity contribution in [3.63, 3.8) is 0 Å². The maximum Gasteiger partial charge on any atom is 0.313 e. The van der Waals surface area contributed by atoms with Crippen molar-refractivity contribution in [1.29, 1.82) is 0 Å². The third kappa shape index (κ3) is 3.84. The first-order chi connectivity index (χ1) is 10.0. The summed E-state index contributed by atoms with van der Waals surface area (Å²) in [6, 6.07) is 5.70. The van der Waals surface area contributed by atoms with Crippen molar-refractivity contribution in [2.45, 2.75) is 45.6 Å². The van der Waals surface area contributed by atoms with Crippen molar-refractivity contribution in [1.82, 2.24) is 4.90 Å². The molecule has 0 saturated carbocycles. The van der Waals surface area contributed by atoms with E-state index in [-0.39, 0.29) is 6.04 Å². The molecule has 1 aliphatic heterocycles. The summed E-state index contributed by atoms with van der Waals surface area (Å²) in [4.78, 5) is 26.2. The maximum atomic E-state index is 12.3. The predicted octanol–water partition coefficient (Wildman–Crippen LogP) is 3.49. The van der Waals surface area contributed by atoms with Crippen LogP contribution in [0.4, 0.5) is 5.69 Å². The molecule has 21 heavy (non-hydrogen) atoms. The molecule has 0 aromatic heterocycles. The quantitative estimate of drug-likeness (QED) is 0.828. The molecule has 2 rings (SSSR count). The van der Waals surface area contributed by atoms with Crippen molar-refractivity contribution in [3.8, 4) is 0 Å². The molecule has 1 aliphatic rings. The van der Waals surface area contributed by atoms with Crippen LogP contribution in [0.25, 0.3) is 0 Å². The fourth-order valence-corrected chi connectivity index (χ4v) is 2.98. The number of halogens is 1. The number of benzene rings is 1. The van der Waals surface area contributed by atoms with Gasteiger partial charge in [0, 0.05) is 22.7 Å². The second-order valence-electron chi connectivity index (χ2n) is 5.47. The molecule has 1 N–H and O–H groups in total. The molecule has 0 aliphatic carbocycles. The Morgan fingerprint density at radius 1 is 1.38 bits per heavy atom. The number of piperidine rings is 1. The Hall–Kier alpha value is -1.36. The van der Waals surface area contributed by atoms with Crippen LogP contribution in [-0.4, -0.2) is 29.3 Å². The van der Waals surface area contributed by atoms with Crippen LogP contribution in [-0.2, 0) is 9.59 Å². The lowest BCUT2D eigenvalue weighted by Crippen LogP contribution is -2.48. The molecule has 4 nitrogen and oxygen atoms in total. The Morgan fingerprint density at radius 2 is 2.14 bits per heavy atom. The van der Waals surface area contributed by atoms with Gasteiger partial charge < -0.3 is 10.2 Å². The molecule has 0 bridgehead atoms. The third-order valence-electron chi connectivity index (χ3n) is 3.97. The highest BCUT2D eigenvalue weighted by atomic mass is 79.9. The van der Waals surface area contributed by atoms with Gasteiger partial charge in [-0.1, -0.05) is 22.9 Å². The van der Waals surface area contributed by atoms with E-state index in [1.165, 1.54) is 0 Å². The lowest BCUT2D eigenvalue weighted by Gasteiger charge is -2.34. The molecular formula is C16H21BrN2O2. The Kier molecular flexibility index (Phi) is 5.39. The second kappa shape index (κ2) is 7.07. The lowest BCUT2D eigenvalue weighted by molar-refractivity contribution is -0.145. The summed E-state index contributed by atoms with van der Waals surface area (Å²) in [7, 11) is 0. The minimum Gasteiger partial charge on any atom is -0.331 e. The van der Waals surface area contributed by atoms with Crippen LogP contribution in [0, 0.1) is 6.92 Å². The largest absolute Gasteiger partial charge is 0.331 e. The number of nitrogens with one attached hydrogen (secondary N) is 1. The molecule has 0 radical (unpaired) electrons. The van der Waals surface area contributed by atoms with Crippen LogP contribution < -0.4 is 5.32 Å². The van der Waals surface area contributed by atoms with Gasteiger partial charge in [0.05, 0.1) is 0 Å². The van der Waals surface area contributed by atoms with Crippen LogP contribution in [0.15, 0.2) is 22.7 Å². The van der Waals surface area contributed by atoms with E-state index in [0.29, 0.717) is 12.2 Å². The van der Waals surface area contributed by atoms with Gasteiger partial charge in [-0.05, 0) is 56.4 Å². The summed E-state index contributed by atoms with van der Waals surface area (Å²) in [5.41, 5.74) is 1.67. The van der Waals surface area contributed by atoms with Gasteiger partial charge in [0.25, 0.3) is 0 Å². The first-order valence-electron chi connectivity index (χ1n) is 7.41. The maximum absolute atomic E-state index is 12.3. The molecule has 1 aromatic carbocycles. The summed E-state index contributed by atoms with van der Waals surface area (Å²) in [5.74, 6) is -0.959. The number of amides is 2. The van der Waals surface area contributed by atoms with Gasteiger partial charge >= 0.3 is 11.8 Å². The molecule has 1 unspecified atom stereocenters. The topological polar surface area (TPSA) is 49.4 Å². The summed E-state index contributed by atoms with van der Waals surface area (Å²) in [6.07, 6.45) is 4.01. The Labute approximate surface area is 134 Å². The predicted molar refractivity (Wildman–Crippen MR) is 87.2 cm³/mol. The molecule has 0 spiro atoms. The highest BCUT2D eigenvalue weighted by molar-refractivity contribution is 9.10. The number of hydrogen-bond donors (Lipinski definition) is 1. The molecule has 5 heteroatoms. The zero-order valence-electron chi connectivity index (χ0n) is 12.5. The average molecular weight is 353 g/mol. The molecule has 114 valence electrons. The van der Waals surface area contributed by atoms with E-state index >= 15 is 0 Å². The van der Waals surface area contributed by atoms with Crippen molar-refractivity contribution in [2.24, 2.45) is 0 Å². The van der Waals surface area contributed by atoms with E-state index in [1.54, 1.807) is 11.0 Å². The van der Waals surface area contributed by atoms with Crippen molar-refractivity contribution in [3.05, 3.63) is 28.2 Å². The number of rotatable bonds is 2. The summed E-state index contributed by atoms with van der Waals surface area (Å²) < 4.78 is 0.980. The number of carbonyl (C=O) groups excluding carboxylic acids is 2. The van der Waals surface area contributed by atoms with Crippen molar-refractivity contribution >= 4 is 33.4 Å². The van der Waals surface area contributed by atoms with Crippen LogP contribution in [0.1, 0.15) is 38.2 Å². The molecule has 1 aromatic rings. The normalized spacial score (nSPS) is 18.4.